The average molecular weight is 405 g/mol. The molecule has 0 unspecified atom stereocenters. The van der Waals surface area contributed by atoms with Gasteiger partial charge in [0.25, 0.3) is 5.91 Å². The topological polar surface area (TPSA) is 57.6 Å². The van der Waals surface area contributed by atoms with Gasteiger partial charge in [0.1, 0.15) is 0 Å². The smallest absolute Gasteiger partial charge is 0.309 e. The molecule has 1 aromatic rings. The van der Waals surface area contributed by atoms with Gasteiger partial charge in [0.2, 0.25) is 0 Å². The molecule has 1 aromatic carbocycles. The van der Waals surface area contributed by atoms with Crippen LogP contribution in [0.4, 0.5) is 0 Å². The molecule has 0 atom stereocenters. The number of carboxylic acids is 1. The number of nitrogens with zero attached hydrogens (tertiary/aromatic N) is 1. The van der Waals surface area contributed by atoms with Crippen LogP contribution in [0.25, 0.3) is 0 Å². The number of benzene rings is 1. The zero-order valence-corrected chi connectivity index (χ0v) is 14.2. The first kappa shape index (κ1) is 15.5. The van der Waals surface area contributed by atoms with Crippen LogP contribution in [0.15, 0.2) is 27.1 Å². The highest BCUT2D eigenvalue weighted by Crippen LogP contribution is 2.32. The maximum absolute atomic E-state index is 12.4. The van der Waals surface area contributed by atoms with E-state index in [1.54, 1.807) is 24.0 Å². The van der Waals surface area contributed by atoms with E-state index in [4.69, 9.17) is 0 Å². The Morgan fingerprint density at radius 2 is 1.65 bits per heavy atom. The molecule has 0 aromatic heterocycles. The Morgan fingerprint density at radius 1 is 1.15 bits per heavy atom. The van der Waals surface area contributed by atoms with Crippen molar-refractivity contribution in [3.8, 4) is 0 Å². The number of likely N-dealkylation sites (tertiary alicyclic amines) is 1. The van der Waals surface area contributed by atoms with Gasteiger partial charge in [0, 0.05) is 27.6 Å². The van der Waals surface area contributed by atoms with Crippen LogP contribution in [-0.2, 0) is 4.79 Å². The third kappa shape index (κ3) is 3.23. The molecule has 1 fully saturated rings. The fourth-order valence-electron chi connectivity index (χ4n) is 2.28. The molecule has 6 heteroatoms. The van der Waals surface area contributed by atoms with E-state index in [0.29, 0.717) is 31.5 Å². The van der Waals surface area contributed by atoms with Crippen molar-refractivity contribution in [2.45, 2.75) is 19.8 Å². The summed E-state index contributed by atoms with van der Waals surface area (Å²) in [5.74, 6) is -0.839. The highest BCUT2D eigenvalue weighted by Gasteiger charge is 2.38. The van der Waals surface area contributed by atoms with E-state index < -0.39 is 11.4 Å². The number of rotatable bonds is 2. The van der Waals surface area contributed by atoms with Gasteiger partial charge in [-0.2, -0.15) is 0 Å². The van der Waals surface area contributed by atoms with Gasteiger partial charge in [-0.1, -0.05) is 31.9 Å². The number of amides is 1. The molecule has 1 aliphatic rings. The molecular formula is C14H15Br2NO3. The minimum atomic E-state index is -0.783. The van der Waals surface area contributed by atoms with Gasteiger partial charge in [-0.05, 0) is 38.0 Å². The SMILES string of the molecule is CC1(C(=O)O)CCN(C(=O)c2cc(Br)cc(Br)c2)CC1. The fraction of sp³-hybridized carbons (Fsp3) is 0.429. The van der Waals surface area contributed by atoms with Crippen molar-refractivity contribution in [2.24, 2.45) is 5.41 Å². The summed E-state index contributed by atoms with van der Waals surface area (Å²) in [5, 5.41) is 9.20. The highest BCUT2D eigenvalue weighted by atomic mass is 79.9. The lowest BCUT2D eigenvalue weighted by molar-refractivity contribution is -0.150. The summed E-state index contributed by atoms with van der Waals surface area (Å²) >= 11 is 6.73. The predicted molar refractivity (Wildman–Crippen MR) is 82.7 cm³/mol. The van der Waals surface area contributed by atoms with Crippen LogP contribution in [0.1, 0.15) is 30.1 Å². The maximum Gasteiger partial charge on any atom is 0.309 e. The third-order valence-corrected chi connectivity index (χ3v) is 4.70. The molecule has 1 aliphatic heterocycles. The predicted octanol–water partition coefficient (Wildman–Crippen LogP) is 3.54. The lowest BCUT2D eigenvalue weighted by Gasteiger charge is -2.36. The zero-order valence-electron chi connectivity index (χ0n) is 11.0. The van der Waals surface area contributed by atoms with E-state index in [0.717, 1.165) is 8.95 Å². The summed E-state index contributed by atoms with van der Waals surface area (Å²) in [7, 11) is 0. The molecule has 2 rings (SSSR count). The van der Waals surface area contributed by atoms with Crippen molar-refractivity contribution in [3.05, 3.63) is 32.7 Å². The quantitative estimate of drug-likeness (QED) is 0.820. The van der Waals surface area contributed by atoms with Crippen molar-refractivity contribution in [1.29, 1.82) is 0 Å². The Kier molecular flexibility index (Phi) is 4.54. The molecule has 0 saturated carbocycles. The first-order valence-corrected chi connectivity index (χ1v) is 7.89. The van der Waals surface area contributed by atoms with Crippen LogP contribution in [0.3, 0.4) is 0 Å². The van der Waals surface area contributed by atoms with Crippen LogP contribution >= 0.6 is 31.9 Å². The first-order chi connectivity index (χ1) is 9.32. The van der Waals surface area contributed by atoms with Gasteiger partial charge in [-0.3, -0.25) is 9.59 Å². The Hall–Kier alpha value is -0.880. The van der Waals surface area contributed by atoms with Crippen LogP contribution in [0, 0.1) is 5.41 Å². The largest absolute Gasteiger partial charge is 0.481 e. The summed E-state index contributed by atoms with van der Waals surface area (Å²) in [6.07, 6.45) is 0.979. The molecule has 20 heavy (non-hydrogen) atoms. The molecule has 108 valence electrons. The highest BCUT2D eigenvalue weighted by molar-refractivity contribution is 9.11. The third-order valence-electron chi connectivity index (χ3n) is 3.78. The number of halogens is 2. The summed E-state index contributed by atoms with van der Waals surface area (Å²) in [5.41, 5.74) is -0.112. The van der Waals surface area contributed by atoms with Crippen molar-refractivity contribution < 1.29 is 14.7 Å². The summed E-state index contributed by atoms with van der Waals surface area (Å²) in [6.45, 7) is 2.70. The Balaban J connectivity index is 2.10. The molecule has 0 spiro atoms. The molecule has 1 saturated heterocycles. The second-order valence-electron chi connectivity index (χ2n) is 5.32. The second kappa shape index (κ2) is 5.85. The standard InChI is InChI=1S/C14H15Br2NO3/c1-14(13(19)20)2-4-17(5-3-14)12(18)9-6-10(15)8-11(16)7-9/h6-8H,2-5H2,1H3,(H,19,20). The molecule has 1 amide bonds. The lowest BCUT2D eigenvalue weighted by Crippen LogP contribution is -2.45. The van der Waals surface area contributed by atoms with Crippen molar-refractivity contribution in [3.63, 3.8) is 0 Å². The zero-order chi connectivity index (χ0) is 14.9. The summed E-state index contributed by atoms with van der Waals surface area (Å²) < 4.78 is 1.67. The number of carbonyl (C=O) groups is 2. The van der Waals surface area contributed by atoms with Crippen molar-refractivity contribution in [2.75, 3.05) is 13.1 Å². The van der Waals surface area contributed by atoms with Gasteiger partial charge < -0.3 is 10.0 Å². The number of carbonyl (C=O) groups excluding carboxylic acids is 1. The molecule has 0 bridgehead atoms. The lowest BCUT2D eigenvalue weighted by atomic mass is 9.80. The first-order valence-electron chi connectivity index (χ1n) is 6.31. The molecule has 1 heterocycles. The normalized spacial score (nSPS) is 17.9. The van der Waals surface area contributed by atoms with Crippen molar-refractivity contribution >= 4 is 43.7 Å². The number of aliphatic carboxylic acids is 1. The summed E-state index contributed by atoms with van der Waals surface area (Å²) in [6, 6.07) is 5.42. The summed E-state index contributed by atoms with van der Waals surface area (Å²) in [4.78, 5) is 25.3. The maximum atomic E-state index is 12.4. The average Bonchev–Trinajstić information content (AvgIpc) is 2.37. The van der Waals surface area contributed by atoms with E-state index in [9.17, 15) is 14.7 Å². The minimum Gasteiger partial charge on any atom is -0.481 e. The van der Waals surface area contributed by atoms with Gasteiger partial charge >= 0.3 is 5.97 Å². The van der Waals surface area contributed by atoms with E-state index in [1.165, 1.54) is 0 Å². The Morgan fingerprint density at radius 3 is 2.10 bits per heavy atom. The fourth-order valence-corrected chi connectivity index (χ4v) is 3.57. The number of hydrogen-bond acceptors (Lipinski definition) is 2. The van der Waals surface area contributed by atoms with Crippen LogP contribution in [-0.4, -0.2) is 35.0 Å². The van der Waals surface area contributed by atoms with Crippen LogP contribution in [0.5, 0.6) is 0 Å². The Labute approximate surface area is 134 Å². The Bertz CT molecular complexity index is 531. The van der Waals surface area contributed by atoms with E-state index in [1.807, 2.05) is 6.07 Å². The van der Waals surface area contributed by atoms with E-state index >= 15 is 0 Å². The van der Waals surface area contributed by atoms with E-state index in [-0.39, 0.29) is 5.91 Å². The number of carboxylic acid groups (broad SMARTS) is 1. The van der Waals surface area contributed by atoms with Gasteiger partial charge in [-0.15, -0.1) is 0 Å². The molecule has 1 N–H and O–H groups in total. The van der Waals surface area contributed by atoms with Crippen LogP contribution in [0.2, 0.25) is 0 Å². The monoisotopic (exact) mass is 403 g/mol. The van der Waals surface area contributed by atoms with E-state index in [2.05, 4.69) is 31.9 Å². The van der Waals surface area contributed by atoms with Gasteiger partial charge in [0.15, 0.2) is 0 Å². The minimum absolute atomic E-state index is 0.0561. The van der Waals surface area contributed by atoms with Gasteiger partial charge in [0.05, 0.1) is 5.41 Å². The number of piperidine rings is 1. The molecular weight excluding hydrogens is 390 g/mol. The van der Waals surface area contributed by atoms with Crippen LogP contribution < -0.4 is 0 Å². The molecule has 0 radical (unpaired) electrons. The number of hydrogen-bond donors (Lipinski definition) is 1. The molecule has 4 nitrogen and oxygen atoms in total. The molecule has 0 aliphatic carbocycles. The second-order valence-corrected chi connectivity index (χ2v) is 7.15. The van der Waals surface area contributed by atoms with Crippen molar-refractivity contribution in [1.82, 2.24) is 4.90 Å². The van der Waals surface area contributed by atoms with Gasteiger partial charge in [-0.25, -0.2) is 0 Å².